The first-order valence-electron chi connectivity index (χ1n) is 8.97. The number of hydrogen-bond donors (Lipinski definition) is 1. The van der Waals surface area contributed by atoms with Gasteiger partial charge in [-0.25, -0.2) is 4.79 Å². The summed E-state index contributed by atoms with van der Waals surface area (Å²) >= 11 is 0. The number of amides is 3. The summed E-state index contributed by atoms with van der Waals surface area (Å²) in [6, 6.07) is 1.77. The summed E-state index contributed by atoms with van der Waals surface area (Å²) in [4.78, 5) is 24.6. The first-order chi connectivity index (χ1) is 13.2. The molecule has 3 rings (SSSR count). The number of carbonyl (C=O) groups is 2. The van der Waals surface area contributed by atoms with E-state index in [1.54, 1.807) is 6.92 Å². The van der Waals surface area contributed by atoms with Crippen LogP contribution in [0.2, 0.25) is 0 Å². The van der Waals surface area contributed by atoms with Crippen molar-refractivity contribution in [3.05, 3.63) is 23.4 Å². The number of ether oxygens (including phenoxy) is 1. The molecule has 1 aliphatic heterocycles. The lowest BCUT2D eigenvalue weighted by Gasteiger charge is -2.14. The van der Waals surface area contributed by atoms with Crippen molar-refractivity contribution in [1.82, 2.24) is 15.4 Å². The lowest BCUT2D eigenvalue weighted by Crippen LogP contribution is -2.32. The predicted molar refractivity (Wildman–Crippen MR) is 92.8 cm³/mol. The topological polar surface area (TPSA) is 84.7 Å². The van der Waals surface area contributed by atoms with Gasteiger partial charge in [0.25, 0.3) is 5.91 Å². The number of nitrogens with one attached hydrogen (secondary N) is 1. The minimum Gasteiger partial charge on any atom is -0.493 e. The molecule has 0 radical (unpaired) electrons. The highest BCUT2D eigenvalue weighted by atomic mass is 19.4. The van der Waals surface area contributed by atoms with Gasteiger partial charge in [0, 0.05) is 12.1 Å². The third kappa shape index (κ3) is 3.76. The molecule has 0 bridgehead atoms. The van der Waals surface area contributed by atoms with Crippen LogP contribution in [-0.4, -0.2) is 41.2 Å². The molecule has 3 amide bonds. The van der Waals surface area contributed by atoms with Crippen LogP contribution >= 0.6 is 0 Å². The molecule has 1 aromatic carbocycles. The fourth-order valence-electron chi connectivity index (χ4n) is 3.14. The maximum absolute atomic E-state index is 13.0. The van der Waals surface area contributed by atoms with Crippen LogP contribution in [0.25, 0.3) is 11.0 Å². The number of urea groups is 1. The lowest BCUT2D eigenvalue weighted by molar-refractivity contribution is -0.141. The number of carbonyl (C=O) groups excluding carboxylic acids is 2. The van der Waals surface area contributed by atoms with Crippen molar-refractivity contribution >= 4 is 22.9 Å². The van der Waals surface area contributed by atoms with E-state index in [0.717, 1.165) is 4.90 Å². The van der Waals surface area contributed by atoms with Gasteiger partial charge in [-0.1, -0.05) is 18.5 Å². The second-order valence-corrected chi connectivity index (χ2v) is 6.56. The molecule has 1 atom stereocenters. The normalized spacial score (nSPS) is 17.5. The van der Waals surface area contributed by atoms with Gasteiger partial charge in [-0.3, -0.25) is 9.69 Å². The van der Waals surface area contributed by atoms with Gasteiger partial charge in [0.15, 0.2) is 11.3 Å². The average molecular weight is 399 g/mol. The monoisotopic (exact) mass is 399 g/mol. The highest BCUT2D eigenvalue weighted by molar-refractivity contribution is 6.03. The Hall–Kier alpha value is -2.78. The summed E-state index contributed by atoms with van der Waals surface area (Å²) in [5.41, 5.74) is -0.472. The molecule has 152 valence electrons. The Balaban J connectivity index is 1.71. The van der Waals surface area contributed by atoms with Crippen LogP contribution in [0.15, 0.2) is 16.7 Å². The van der Waals surface area contributed by atoms with E-state index in [9.17, 15) is 22.8 Å². The molecular weight excluding hydrogens is 379 g/mol. The van der Waals surface area contributed by atoms with Gasteiger partial charge in [-0.2, -0.15) is 13.2 Å². The van der Waals surface area contributed by atoms with Crippen molar-refractivity contribution in [2.24, 2.45) is 0 Å². The van der Waals surface area contributed by atoms with Crippen molar-refractivity contribution in [2.75, 3.05) is 13.2 Å². The van der Waals surface area contributed by atoms with E-state index in [0.29, 0.717) is 30.6 Å². The number of hydrogen-bond acceptors (Lipinski definition) is 5. The fraction of sp³-hybridized carbons (Fsp3) is 0.500. The van der Waals surface area contributed by atoms with E-state index >= 15 is 0 Å². The van der Waals surface area contributed by atoms with Gasteiger partial charge in [-0.15, -0.1) is 0 Å². The molecule has 0 saturated carbocycles. The van der Waals surface area contributed by atoms with Gasteiger partial charge in [0.05, 0.1) is 12.0 Å². The van der Waals surface area contributed by atoms with E-state index in [2.05, 4.69) is 10.5 Å². The van der Waals surface area contributed by atoms with E-state index in [1.165, 1.54) is 12.1 Å². The van der Waals surface area contributed by atoms with Crippen molar-refractivity contribution in [1.29, 1.82) is 0 Å². The molecule has 0 spiro atoms. The highest BCUT2D eigenvalue weighted by Gasteiger charge is 2.38. The van der Waals surface area contributed by atoms with Crippen molar-refractivity contribution in [3.63, 3.8) is 0 Å². The number of aryl methyl sites for hydroxylation is 1. The average Bonchev–Trinajstić information content (AvgIpc) is 3.16. The predicted octanol–water partition coefficient (Wildman–Crippen LogP) is 3.51. The molecule has 10 heteroatoms. The Kier molecular flexibility index (Phi) is 5.48. The SMILES string of the molecule is CCCc1c(OCCCN2C(=O)NC(C)C2=O)ccc2c(C(F)(F)F)noc12. The summed E-state index contributed by atoms with van der Waals surface area (Å²) in [5.74, 6) is 0.115. The number of nitrogens with zero attached hydrogens (tertiary/aromatic N) is 2. The van der Waals surface area contributed by atoms with Gasteiger partial charge >= 0.3 is 12.2 Å². The van der Waals surface area contributed by atoms with E-state index < -0.39 is 23.9 Å². The zero-order valence-electron chi connectivity index (χ0n) is 15.4. The number of halogens is 3. The molecule has 1 fully saturated rings. The quantitative estimate of drug-likeness (QED) is 0.569. The number of benzene rings is 1. The molecule has 1 aliphatic rings. The Morgan fingerprint density at radius 3 is 2.68 bits per heavy atom. The van der Waals surface area contributed by atoms with E-state index in [-0.39, 0.29) is 30.0 Å². The van der Waals surface area contributed by atoms with Gasteiger partial charge in [0.1, 0.15) is 11.8 Å². The van der Waals surface area contributed by atoms with Gasteiger partial charge in [0.2, 0.25) is 0 Å². The minimum atomic E-state index is -4.60. The highest BCUT2D eigenvalue weighted by Crippen LogP contribution is 2.38. The molecule has 1 saturated heterocycles. The second kappa shape index (κ2) is 7.69. The number of rotatable bonds is 7. The molecule has 7 nitrogen and oxygen atoms in total. The molecule has 1 N–H and O–H groups in total. The maximum Gasteiger partial charge on any atom is 0.437 e. The van der Waals surface area contributed by atoms with Gasteiger partial charge in [-0.05, 0) is 31.9 Å². The molecule has 2 heterocycles. The molecular formula is C18H20F3N3O4. The van der Waals surface area contributed by atoms with Crippen LogP contribution in [0.3, 0.4) is 0 Å². The Bertz CT molecular complexity index is 894. The summed E-state index contributed by atoms with van der Waals surface area (Å²) in [6.07, 6.45) is -3.07. The van der Waals surface area contributed by atoms with E-state index in [4.69, 9.17) is 9.26 Å². The van der Waals surface area contributed by atoms with Crippen LogP contribution in [0.5, 0.6) is 5.75 Å². The Labute approximate surface area is 158 Å². The lowest BCUT2D eigenvalue weighted by atomic mass is 10.0. The minimum absolute atomic E-state index is 0.0644. The zero-order valence-corrected chi connectivity index (χ0v) is 15.4. The van der Waals surface area contributed by atoms with Crippen LogP contribution in [-0.2, 0) is 17.4 Å². The smallest absolute Gasteiger partial charge is 0.437 e. The third-order valence-electron chi connectivity index (χ3n) is 4.47. The van der Waals surface area contributed by atoms with Crippen LogP contribution < -0.4 is 10.1 Å². The Morgan fingerprint density at radius 1 is 1.32 bits per heavy atom. The number of imide groups is 1. The summed E-state index contributed by atoms with van der Waals surface area (Å²) in [5, 5.41) is 5.60. The number of aromatic nitrogens is 1. The van der Waals surface area contributed by atoms with Crippen LogP contribution in [0, 0.1) is 0 Å². The van der Waals surface area contributed by atoms with Gasteiger partial charge < -0.3 is 14.6 Å². The molecule has 1 unspecified atom stereocenters. The zero-order chi connectivity index (χ0) is 20.5. The van der Waals surface area contributed by atoms with E-state index in [1.807, 2.05) is 6.92 Å². The Morgan fingerprint density at radius 2 is 2.07 bits per heavy atom. The molecule has 28 heavy (non-hydrogen) atoms. The van der Waals surface area contributed by atoms with Crippen molar-refractivity contribution in [2.45, 2.75) is 45.3 Å². The summed E-state index contributed by atoms with van der Waals surface area (Å²) in [6.45, 7) is 3.88. The third-order valence-corrected chi connectivity index (χ3v) is 4.47. The maximum atomic E-state index is 13.0. The summed E-state index contributed by atoms with van der Waals surface area (Å²) in [7, 11) is 0. The molecule has 1 aromatic heterocycles. The second-order valence-electron chi connectivity index (χ2n) is 6.56. The largest absolute Gasteiger partial charge is 0.493 e. The number of alkyl halides is 3. The summed E-state index contributed by atoms with van der Waals surface area (Å²) < 4.78 is 49.8. The van der Waals surface area contributed by atoms with Crippen LogP contribution in [0.4, 0.5) is 18.0 Å². The van der Waals surface area contributed by atoms with Crippen molar-refractivity contribution in [3.8, 4) is 5.75 Å². The molecule has 2 aromatic rings. The first kappa shape index (κ1) is 20.0. The first-order valence-corrected chi connectivity index (χ1v) is 8.97. The van der Waals surface area contributed by atoms with Crippen LogP contribution in [0.1, 0.15) is 37.9 Å². The van der Waals surface area contributed by atoms with Crippen molar-refractivity contribution < 1.29 is 32.0 Å². The molecule has 0 aliphatic carbocycles. The number of fused-ring (bicyclic) bond motifs is 1. The standard InChI is InChI=1S/C18H20F3N3O4/c1-3-5-11-13(7-6-12-14(11)28-23-15(12)18(19,20)21)27-9-4-8-24-16(25)10(2)22-17(24)26/h6-7,10H,3-5,8-9H2,1-2H3,(H,22,26). The fourth-order valence-corrected chi connectivity index (χ4v) is 3.14.